The number of nitrogens with one attached hydrogen (secondary N) is 2. The number of carbonyl (C=O) groups is 1. The van der Waals surface area contributed by atoms with Crippen LogP contribution in [0.4, 0.5) is 10.3 Å². The summed E-state index contributed by atoms with van der Waals surface area (Å²) in [6, 6.07) is 4.08. The van der Waals surface area contributed by atoms with Gasteiger partial charge in [-0.15, -0.1) is 5.10 Å². The Labute approximate surface area is 112 Å². The maximum atomic E-state index is 13.2. The summed E-state index contributed by atoms with van der Waals surface area (Å²) in [5.74, 6) is -1.17. The highest BCUT2D eigenvalue weighted by Gasteiger charge is 2.15. The molecule has 100 valence electrons. The number of aromatic amines is 1. The molecule has 2 N–H and O–H groups in total. The largest absolute Gasteiger partial charge is 0.463 e. The first-order valence-corrected chi connectivity index (χ1v) is 5.80. The van der Waals surface area contributed by atoms with Crippen molar-refractivity contribution >= 4 is 23.5 Å². The van der Waals surface area contributed by atoms with E-state index in [9.17, 15) is 9.18 Å². The Morgan fingerprint density at radius 3 is 3.11 bits per heavy atom. The lowest BCUT2D eigenvalue weighted by molar-refractivity contribution is 0.102. The quantitative estimate of drug-likeness (QED) is 0.902. The number of ether oxygens (including phenoxy) is 1. The van der Waals surface area contributed by atoms with E-state index in [2.05, 4.69) is 20.5 Å². The highest BCUT2D eigenvalue weighted by Crippen LogP contribution is 2.20. The predicted octanol–water partition coefficient (Wildman–Crippen LogP) is 2.25. The van der Waals surface area contributed by atoms with Gasteiger partial charge < -0.3 is 4.74 Å². The highest BCUT2D eigenvalue weighted by atomic mass is 35.5. The summed E-state index contributed by atoms with van der Waals surface area (Å²) < 4.78 is 18.2. The molecule has 0 spiro atoms. The second kappa shape index (κ2) is 5.66. The molecular formula is C11H10ClFN4O2. The lowest BCUT2D eigenvalue weighted by Gasteiger charge is -2.04. The lowest BCUT2D eigenvalue weighted by atomic mass is 10.2. The number of hydrogen-bond acceptors (Lipinski definition) is 4. The van der Waals surface area contributed by atoms with Crippen LogP contribution < -0.4 is 10.1 Å². The first-order chi connectivity index (χ1) is 9.11. The van der Waals surface area contributed by atoms with Crippen molar-refractivity contribution in [2.24, 2.45) is 0 Å². The molecule has 0 unspecified atom stereocenters. The number of rotatable bonds is 4. The minimum atomic E-state index is -0.665. The zero-order chi connectivity index (χ0) is 13.8. The maximum Gasteiger partial charge on any atom is 0.337 e. The van der Waals surface area contributed by atoms with Gasteiger partial charge in [-0.2, -0.15) is 4.98 Å². The van der Waals surface area contributed by atoms with E-state index in [0.29, 0.717) is 6.61 Å². The fraction of sp³-hybridized carbons (Fsp3) is 0.182. The number of H-pyrrole nitrogens is 1. The summed E-state index contributed by atoms with van der Waals surface area (Å²) in [6.07, 6.45) is 0. The Bertz CT molecular complexity index is 602. The van der Waals surface area contributed by atoms with E-state index in [1.807, 2.05) is 0 Å². The molecule has 2 aromatic rings. The molecule has 19 heavy (non-hydrogen) atoms. The van der Waals surface area contributed by atoms with Gasteiger partial charge in [0, 0.05) is 0 Å². The monoisotopic (exact) mass is 284 g/mol. The summed E-state index contributed by atoms with van der Waals surface area (Å²) >= 11 is 5.70. The van der Waals surface area contributed by atoms with Gasteiger partial charge in [-0.3, -0.25) is 10.1 Å². The van der Waals surface area contributed by atoms with E-state index in [1.165, 1.54) is 18.2 Å². The molecule has 8 heteroatoms. The molecule has 0 bridgehead atoms. The van der Waals surface area contributed by atoms with Gasteiger partial charge in [0.25, 0.3) is 5.91 Å². The first-order valence-electron chi connectivity index (χ1n) is 5.42. The molecule has 2 rings (SSSR count). The van der Waals surface area contributed by atoms with Gasteiger partial charge in [0.15, 0.2) is 0 Å². The highest BCUT2D eigenvalue weighted by molar-refractivity contribution is 6.34. The van der Waals surface area contributed by atoms with Crippen LogP contribution in [0.1, 0.15) is 17.3 Å². The number of carbonyl (C=O) groups excluding carboxylic acids is 1. The fourth-order valence-electron chi connectivity index (χ4n) is 1.35. The molecule has 0 aliphatic rings. The average Bonchev–Trinajstić information content (AvgIpc) is 2.80. The van der Waals surface area contributed by atoms with E-state index in [1.54, 1.807) is 6.92 Å². The fourth-order valence-corrected chi connectivity index (χ4v) is 1.56. The maximum absolute atomic E-state index is 13.2. The third-order valence-electron chi connectivity index (χ3n) is 2.17. The first kappa shape index (κ1) is 13.3. The van der Waals surface area contributed by atoms with E-state index < -0.39 is 11.7 Å². The zero-order valence-corrected chi connectivity index (χ0v) is 10.7. The molecule has 1 heterocycles. The summed E-state index contributed by atoms with van der Waals surface area (Å²) in [5.41, 5.74) is 0.0102. The average molecular weight is 285 g/mol. The molecule has 0 fully saturated rings. The van der Waals surface area contributed by atoms with Gasteiger partial charge >= 0.3 is 6.01 Å². The number of amides is 1. The Morgan fingerprint density at radius 2 is 2.37 bits per heavy atom. The van der Waals surface area contributed by atoms with Crippen molar-refractivity contribution < 1.29 is 13.9 Å². The van der Waals surface area contributed by atoms with Crippen LogP contribution in [0.15, 0.2) is 18.2 Å². The van der Waals surface area contributed by atoms with Crippen molar-refractivity contribution in [1.29, 1.82) is 0 Å². The molecule has 6 nitrogen and oxygen atoms in total. The van der Waals surface area contributed by atoms with Crippen LogP contribution in [-0.4, -0.2) is 27.7 Å². The van der Waals surface area contributed by atoms with Crippen molar-refractivity contribution in [3.8, 4) is 6.01 Å². The summed E-state index contributed by atoms with van der Waals surface area (Å²) in [6.45, 7) is 2.18. The van der Waals surface area contributed by atoms with Crippen molar-refractivity contribution in [2.75, 3.05) is 11.9 Å². The minimum absolute atomic E-state index is 0.0102. The van der Waals surface area contributed by atoms with E-state index in [-0.39, 0.29) is 22.5 Å². The molecule has 0 atom stereocenters. The van der Waals surface area contributed by atoms with Gasteiger partial charge in [0.1, 0.15) is 5.82 Å². The van der Waals surface area contributed by atoms with Crippen LogP contribution in [-0.2, 0) is 0 Å². The molecule has 0 radical (unpaired) electrons. The Kier molecular flexibility index (Phi) is 3.96. The van der Waals surface area contributed by atoms with E-state index in [0.717, 1.165) is 0 Å². The van der Waals surface area contributed by atoms with Gasteiger partial charge in [-0.05, 0) is 19.1 Å². The Morgan fingerprint density at radius 1 is 1.58 bits per heavy atom. The third kappa shape index (κ3) is 3.00. The molecule has 0 saturated carbocycles. The third-order valence-corrected chi connectivity index (χ3v) is 2.55. The number of halogens is 2. The second-order valence-electron chi connectivity index (χ2n) is 3.46. The topological polar surface area (TPSA) is 79.9 Å². The smallest absolute Gasteiger partial charge is 0.337 e. The standard InChI is InChI=1S/C11H10ClFN4O2/c1-2-19-11-15-10(16-17-11)14-9(18)6-4-3-5-7(13)8(6)12/h3-5H,2H2,1H3,(H2,14,15,16,17,18). The second-order valence-corrected chi connectivity index (χ2v) is 3.83. The Balaban J connectivity index is 2.14. The van der Waals surface area contributed by atoms with Crippen LogP contribution in [0, 0.1) is 5.82 Å². The van der Waals surface area contributed by atoms with E-state index in [4.69, 9.17) is 16.3 Å². The van der Waals surface area contributed by atoms with Crippen LogP contribution in [0.2, 0.25) is 5.02 Å². The molecule has 0 aliphatic carbocycles. The van der Waals surface area contributed by atoms with Crippen molar-refractivity contribution in [2.45, 2.75) is 6.92 Å². The normalized spacial score (nSPS) is 10.3. The molecule has 0 aliphatic heterocycles. The number of aromatic nitrogens is 3. The van der Waals surface area contributed by atoms with Gasteiger partial charge in [-0.25, -0.2) is 9.49 Å². The van der Waals surface area contributed by atoms with Crippen LogP contribution in [0.5, 0.6) is 6.01 Å². The van der Waals surface area contributed by atoms with Gasteiger partial charge in [0.2, 0.25) is 5.95 Å². The number of benzene rings is 1. The van der Waals surface area contributed by atoms with Gasteiger partial charge in [-0.1, -0.05) is 17.7 Å². The van der Waals surface area contributed by atoms with Crippen molar-refractivity contribution in [1.82, 2.24) is 15.2 Å². The predicted molar refractivity (Wildman–Crippen MR) is 66.9 cm³/mol. The lowest BCUT2D eigenvalue weighted by Crippen LogP contribution is -2.14. The van der Waals surface area contributed by atoms with Crippen molar-refractivity contribution in [3.05, 3.63) is 34.6 Å². The molecule has 1 aromatic carbocycles. The van der Waals surface area contributed by atoms with E-state index >= 15 is 0 Å². The van der Waals surface area contributed by atoms with Crippen LogP contribution in [0.25, 0.3) is 0 Å². The van der Waals surface area contributed by atoms with Gasteiger partial charge in [0.05, 0.1) is 17.2 Å². The summed E-state index contributed by atoms with van der Waals surface area (Å²) in [5, 5.41) is 8.34. The molecule has 1 aromatic heterocycles. The summed E-state index contributed by atoms with van der Waals surface area (Å²) in [4.78, 5) is 15.7. The molecule has 0 saturated heterocycles. The SMILES string of the molecule is CCOc1n[nH]c(NC(=O)c2cccc(F)c2Cl)n1. The number of hydrogen-bond donors (Lipinski definition) is 2. The summed E-state index contributed by atoms with van der Waals surface area (Å²) in [7, 11) is 0. The zero-order valence-electron chi connectivity index (χ0n) is 9.91. The van der Waals surface area contributed by atoms with Crippen LogP contribution in [0.3, 0.4) is 0 Å². The molecule has 1 amide bonds. The van der Waals surface area contributed by atoms with Crippen molar-refractivity contribution in [3.63, 3.8) is 0 Å². The number of nitrogens with zero attached hydrogens (tertiary/aromatic N) is 2. The minimum Gasteiger partial charge on any atom is -0.463 e. The molecular weight excluding hydrogens is 275 g/mol. The Hall–Kier alpha value is -2.15. The van der Waals surface area contributed by atoms with Crippen LogP contribution >= 0.6 is 11.6 Å². The number of anilines is 1.